The second-order valence-electron chi connectivity index (χ2n) is 6.96. The van der Waals surface area contributed by atoms with Crippen LogP contribution in [-0.2, 0) is 13.5 Å². The second kappa shape index (κ2) is 3.60. The van der Waals surface area contributed by atoms with Crippen LogP contribution < -0.4 is 5.73 Å². The fourth-order valence-corrected chi connectivity index (χ4v) is 5.41. The van der Waals surface area contributed by atoms with E-state index in [1.807, 2.05) is 17.9 Å². The Bertz CT molecular complexity index is 466. The fraction of sp³-hybridized carbons (Fsp3) is 0.800. The average Bonchev–Trinajstić information content (AvgIpc) is 2.99. The summed E-state index contributed by atoms with van der Waals surface area (Å²) in [5.74, 6) is 3.67. The summed E-state index contributed by atoms with van der Waals surface area (Å²) in [6, 6.07) is 2.13. The standard InChI is InChI=1S/C15H23N3/c1-18-6-5-11(17-18)9-15(16)8-10-7-14(15)13-4-2-3-12(10)13/h5-6,10,12-14H,2-4,7-9,16H2,1H3. The quantitative estimate of drug-likeness (QED) is 0.867. The topological polar surface area (TPSA) is 43.8 Å². The van der Waals surface area contributed by atoms with Crippen molar-refractivity contribution in [2.45, 2.75) is 44.1 Å². The van der Waals surface area contributed by atoms with Crippen LogP contribution in [0.2, 0.25) is 0 Å². The highest BCUT2D eigenvalue weighted by Crippen LogP contribution is 2.62. The van der Waals surface area contributed by atoms with E-state index in [-0.39, 0.29) is 5.54 Å². The predicted molar refractivity (Wildman–Crippen MR) is 70.9 cm³/mol. The van der Waals surface area contributed by atoms with Gasteiger partial charge in [-0.3, -0.25) is 4.68 Å². The van der Waals surface area contributed by atoms with Gasteiger partial charge in [-0.15, -0.1) is 0 Å². The Morgan fingerprint density at radius 2 is 2.28 bits per heavy atom. The van der Waals surface area contributed by atoms with Gasteiger partial charge in [0.15, 0.2) is 0 Å². The van der Waals surface area contributed by atoms with Crippen molar-refractivity contribution >= 4 is 0 Å². The lowest BCUT2D eigenvalue weighted by Gasteiger charge is -2.40. The lowest BCUT2D eigenvalue weighted by Crippen LogP contribution is -2.51. The molecular weight excluding hydrogens is 222 g/mol. The summed E-state index contributed by atoms with van der Waals surface area (Å²) in [4.78, 5) is 0. The molecule has 2 N–H and O–H groups in total. The van der Waals surface area contributed by atoms with Crippen molar-refractivity contribution in [2.75, 3.05) is 0 Å². The molecule has 5 atom stereocenters. The first kappa shape index (κ1) is 11.0. The number of rotatable bonds is 2. The van der Waals surface area contributed by atoms with Crippen LogP contribution in [0.1, 0.15) is 37.8 Å². The highest BCUT2D eigenvalue weighted by atomic mass is 15.2. The third-order valence-corrected chi connectivity index (χ3v) is 5.96. The Hall–Kier alpha value is -0.830. The van der Waals surface area contributed by atoms with Crippen LogP contribution >= 0.6 is 0 Å². The number of aromatic nitrogens is 2. The summed E-state index contributed by atoms with van der Waals surface area (Å²) in [5.41, 5.74) is 8.02. The van der Waals surface area contributed by atoms with Crippen molar-refractivity contribution in [1.82, 2.24) is 9.78 Å². The molecule has 0 aliphatic heterocycles. The van der Waals surface area contributed by atoms with Crippen LogP contribution in [0.5, 0.6) is 0 Å². The summed E-state index contributed by atoms with van der Waals surface area (Å²) >= 11 is 0. The lowest BCUT2D eigenvalue weighted by atomic mass is 9.69. The molecule has 4 rings (SSSR count). The number of nitrogens with zero attached hydrogens (tertiary/aromatic N) is 2. The highest BCUT2D eigenvalue weighted by Gasteiger charge is 2.59. The lowest BCUT2D eigenvalue weighted by molar-refractivity contribution is 0.155. The van der Waals surface area contributed by atoms with Gasteiger partial charge in [-0.05, 0) is 55.4 Å². The second-order valence-corrected chi connectivity index (χ2v) is 6.96. The third kappa shape index (κ3) is 1.43. The third-order valence-electron chi connectivity index (χ3n) is 5.96. The minimum absolute atomic E-state index is 0.0462. The molecule has 5 unspecified atom stereocenters. The maximum Gasteiger partial charge on any atom is 0.0642 e. The van der Waals surface area contributed by atoms with Crippen LogP contribution in [-0.4, -0.2) is 15.3 Å². The van der Waals surface area contributed by atoms with Crippen LogP contribution in [0.15, 0.2) is 12.3 Å². The molecule has 0 aromatic carbocycles. The van der Waals surface area contributed by atoms with E-state index in [1.165, 1.54) is 37.8 Å². The summed E-state index contributed by atoms with van der Waals surface area (Å²) in [6.07, 6.45) is 10.0. The average molecular weight is 245 g/mol. The minimum atomic E-state index is 0.0462. The first-order valence-electron chi connectivity index (χ1n) is 7.43. The zero-order chi connectivity index (χ0) is 12.3. The molecule has 1 aromatic heterocycles. The van der Waals surface area contributed by atoms with Gasteiger partial charge in [-0.25, -0.2) is 0 Å². The molecule has 0 saturated heterocycles. The molecular formula is C15H23N3. The zero-order valence-corrected chi connectivity index (χ0v) is 11.2. The van der Waals surface area contributed by atoms with Gasteiger partial charge in [0.05, 0.1) is 5.69 Å². The molecule has 0 amide bonds. The van der Waals surface area contributed by atoms with Gasteiger partial charge in [-0.2, -0.15) is 5.10 Å². The van der Waals surface area contributed by atoms with Gasteiger partial charge in [0.1, 0.15) is 0 Å². The van der Waals surface area contributed by atoms with Crippen LogP contribution in [0, 0.1) is 23.7 Å². The molecule has 3 heteroatoms. The molecule has 18 heavy (non-hydrogen) atoms. The molecule has 3 fully saturated rings. The van der Waals surface area contributed by atoms with Crippen molar-refractivity contribution in [1.29, 1.82) is 0 Å². The van der Waals surface area contributed by atoms with Gasteiger partial charge in [0.2, 0.25) is 0 Å². The molecule has 1 heterocycles. The number of hydrogen-bond acceptors (Lipinski definition) is 2. The number of hydrogen-bond donors (Lipinski definition) is 1. The Balaban J connectivity index is 1.58. The number of aryl methyl sites for hydroxylation is 1. The van der Waals surface area contributed by atoms with E-state index in [0.29, 0.717) is 0 Å². The van der Waals surface area contributed by atoms with Crippen molar-refractivity contribution < 1.29 is 0 Å². The van der Waals surface area contributed by atoms with Crippen molar-refractivity contribution in [3.8, 4) is 0 Å². The predicted octanol–water partition coefficient (Wildman–Crippen LogP) is 2.12. The Labute approximate surface area is 109 Å². The van der Waals surface area contributed by atoms with E-state index in [1.54, 1.807) is 0 Å². The summed E-state index contributed by atoms with van der Waals surface area (Å²) in [5, 5.41) is 4.53. The van der Waals surface area contributed by atoms with Crippen molar-refractivity contribution in [2.24, 2.45) is 36.5 Å². The van der Waals surface area contributed by atoms with Crippen LogP contribution in [0.3, 0.4) is 0 Å². The van der Waals surface area contributed by atoms with Gasteiger partial charge >= 0.3 is 0 Å². The summed E-state index contributed by atoms with van der Waals surface area (Å²) in [6.45, 7) is 0. The molecule has 0 radical (unpaired) electrons. The molecule has 3 aliphatic rings. The molecule has 1 aromatic rings. The van der Waals surface area contributed by atoms with E-state index >= 15 is 0 Å². The highest BCUT2D eigenvalue weighted by molar-refractivity contribution is 5.17. The fourth-order valence-electron chi connectivity index (χ4n) is 5.41. The first-order chi connectivity index (χ1) is 8.66. The molecule has 3 nitrogen and oxygen atoms in total. The maximum atomic E-state index is 6.79. The molecule has 2 bridgehead atoms. The van der Waals surface area contributed by atoms with Gasteiger partial charge in [-0.1, -0.05) is 6.42 Å². The Morgan fingerprint density at radius 1 is 1.44 bits per heavy atom. The molecule has 98 valence electrons. The maximum absolute atomic E-state index is 6.79. The van der Waals surface area contributed by atoms with E-state index in [0.717, 1.165) is 30.1 Å². The van der Waals surface area contributed by atoms with Gasteiger partial charge in [0, 0.05) is 25.2 Å². The zero-order valence-electron chi connectivity index (χ0n) is 11.2. The van der Waals surface area contributed by atoms with Gasteiger partial charge < -0.3 is 5.73 Å². The first-order valence-corrected chi connectivity index (χ1v) is 7.43. The molecule has 3 aliphatic carbocycles. The van der Waals surface area contributed by atoms with E-state index < -0.39 is 0 Å². The number of nitrogens with two attached hydrogens (primary N) is 1. The molecule has 3 saturated carbocycles. The monoisotopic (exact) mass is 245 g/mol. The van der Waals surface area contributed by atoms with E-state index in [9.17, 15) is 0 Å². The summed E-state index contributed by atoms with van der Waals surface area (Å²) < 4.78 is 1.89. The summed E-state index contributed by atoms with van der Waals surface area (Å²) in [7, 11) is 1.99. The largest absolute Gasteiger partial charge is 0.324 e. The molecule has 0 spiro atoms. The van der Waals surface area contributed by atoms with Crippen LogP contribution in [0.4, 0.5) is 0 Å². The smallest absolute Gasteiger partial charge is 0.0642 e. The van der Waals surface area contributed by atoms with Crippen LogP contribution in [0.25, 0.3) is 0 Å². The van der Waals surface area contributed by atoms with E-state index in [4.69, 9.17) is 5.73 Å². The van der Waals surface area contributed by atoms with E-state index in [2.05, 4.69) is 11.2 Å². The normalized spacial score (nSPS) is 45.7. The van der Waals surface area contributed by atoms with Crippen molar-refractivity contribution in [3.63, 3.8) is 0 Å². The Kier molecular flexibility index (Phi) is 2.20. The number of fused-ring (bicyclic) bond motifs is 5. The van der Waals surface area contributed by atoms with Crippen molar-refractivity contribution in [3.05, 3.63) is 18.0 Å². The van der Waals surface area contributed by atoms with Gasteiger partial charge in [0.25, 0.3) is 0 Å². The Morgan fingerprint density at radius 3 is 3.06 bits per heavy atom. The SMILES string of the molecule is Cn1ccc(CC2(N)CC3CC2C2CCCC32)n1. The minimum Gasteiger partial charge on any atom is -0.324 e.